The summed E-state index contributed by atoms with van der Waals surface area (Å²) < 4.78 is 0. The second kappa shape index (κ2) is 18.7. The Balaban J connectivity index is -0.000000653. The van der Waals surface area contributed by atoms with Crippen molar-refractivity contribution < 1.29 is 40.8 Å². The molecule has 0 aliphatic heterocycles. The third-order valence-electron chi connectivity index (χ3n) is 4.57. The molecule has 10 heteroatoms. The van der Waals surface area contributed by atoms with Crippen LogP contribution < -0.4 is 0 Å². The largest absolute Gasteiger partial charge is 0.255 e. The molecule has 0 radical (unpaired) electrons. The van der Waals surface area contributed by atoms with E-state index in [0.717, 1.165) is 45.0 Å². The molecule has 0 fully saturated rings. The predicted octanol–water partition coefficient (Wildman–Crippen LogP) is 6.89. The van der Waals surface area contributed by atoms with Crippen LogP contribution in [0.3, 0.4) is 0 Å². The Kier molecular flexibility index (Phi) is 22.6. The molecule has 0 atom stereocenters. The van der Waals surface area contributed by atoms with Crippen LogP contribution in [0.25, 0.3) is 0 Å². The van der Waals surface area contributed by atoms with Crippen LogP contribution in [0.15, 0.2) is 58.8 Å². The maximum absolute atomic E-state index is 4.70. The zero-order chi connectivity index (χ0) is 18.5. The van der Waals surface area contributed by atoms with Crippen molar-refractivity contribution >= 4 is 73.4 Å². The molecule has 2 heterocycles. The van der Waals surface area contributed by atoms with Gasteiger partial charge in [0.05, 0.1) is 35.2 Å². The Hall–Kier alpha value is -0.655. The van der Waals surface area contributed by atoms with E-state index in [1.807, 2.05) is 48.8 Å². The van der Waals surface area contributed by atoms with Gasteiger partial charge < -0.3 is 0 Å². The molecule has 0 aliphatic carbocycles. The molecule has 0 aliphatic rings. The molecule has 4 nitrogen and oxygen atoms in total. The molecular weight excluding hydrogens is 675 g/mol. The number of hydrogen-bond donors (Lipinski definition) is 0. The van der Waals surface area contributed by atoms with E-state index in [9.17, 15) is 0 Å². The van der Waals surface area contributed by atoms with Crippen LogP contribution >= 0.6 is 49.6 Å². The number of aliphatic imine (C=N–C) groups is 2. The molecule has 32 heavy (non-hydrogen) atoms. The van der Waals surface area contributed by atoms with Gasteiger partial charge in [-0.3, -0.25) is 20.0 Å². The van der Waals surface area contributed by atoms with Gasteiger partial charge in [-0.15, -0.1) is 49.6 Å². The molecule has 0 saturated heterocycles. The van der Waals surface area contributed by atoms with Crippen molar-refractivity contribution in [2.45, 2.75) is 27.7 Å². The van der Waals surface area contributed by atoms with Gasteiger partial charge in [-0.05, 0) is 74.2 Å². The molecule has 0 unspecified atom stereocenters. The summed E-state index contributed by atoms with van der Waals surface area (Å²) in [6.07, 6.45) is 7.16. The van der Waals surface area contributed by atoms with E-state index >= 15 is 0 Å². The molecule has 0 amide bonds. The van der Waals surface area contributed by atoms with Crippen LogP contribution in [-0.2, 0) is 40.8 Å². The third kappa shape index (κ3) is 9.68. The van der Waals surface area contributed by atoms with Crippen molar-refractivity contribution in [3.05, 3.63) is 82.4 Å². The zero-order valence-corrected chi connectivity index (χ0v) is 24.2. The summed E-state index contributed by atoms with van der Waals surface area (Å²) in [5, 5.41) is 0. The van der Waals surface area contributed by atoms with Crippen molar-refractivity contribution in [2.75, 3.05) is 0 Å². The molecule has 0 saturated carbocycles. The molecule has 182 valence electrons. The fraction of sp³-hybridized carbons (Fsp3) is 0.182. The Morgan fingerprint density at radius 2 is 0.875 bits per heavy atom. The Labute approximate surface area is 242 Å². The number of pyridine rings is 2. The Morgan fingerprint density at radius 3 is 1.12 bits per heavy atom. The summed E-state index contributed by atoms with van der Waals surface area (Å²) >= 11 is 0. The van der Waals surface area contributed by atoms with E-state index in [-0.39, 0.29) is 90.5 Å². The molecular formula is C22H26Cl4N4Pd2. The smallest absolute Gasteiger partial charge is 0.0812 e. The maximum Gasteiger partial charge on any atom is 0.0812 e. The van der Waals surface area contributed by atoms with E-state index in [1.165, 1.54) is 0 Å². The van der Waals surface area contributed by atoms with E-state index in [4.69, 9.17) is 9.98 Å². The van der Waals surface area contributed by atoms with Crippen molar-refractivity contribution in [1.82, 2.24) is 9.97 Å². The van der Waals surface area contributed by atoms with Gasteiger partial charge in [0.15, 0.2) is 0 Å². The number of nitrogens with zero attached hydrogens (tertiary/aromatic N) is 4. The van der Waals surface area contributed by atoms with Gasteiger partial charge in [-0.25, -0.2) is 0 Å². The van der Waals surface area contributed by atoms with Gasteiger partial charge in [-0.2, -0.15) is 0 Å². The summed E-state index contributed by atoms with van der Waals surface area (Å²) in [5.74, 6) is 0. The van der Waals surface area contributed by atoms with Crippen LogP contribution in [0.4, 0.5) is 11.4 Å². The van der Waals surface area contributed by atoms with Gasteiger partial charge in [0, 0.05) is 53.2 Å². The average Bonchev–Trinajstić information content (AvgIpc) is 2.68. The number of halogens is 4. The van der Waals surface area contributed by atoms with Crippen LogP contribution in [0.5, 0.6) is 0 Å². The number of benzene rings is 1. The van der Waals surface area contributed by atoms with Crippen molar-refractivity contribution in [3.63, 3.8) is 0 Å². The molecule has 0 N–H and O–H groups in total. The first-order valence-electron chi connectivity index (χ1n) is 8.58. The Bertz CT molecular complexity index is 877. The van der Waals surface area contributed by atoms with E-state index in [1.54, 1.807) is 12.4 Å². The van der Waals surface area contributed by atoms with Gasteiger partial charge in [-0.1, -0.05) is 12.1 Å². The molecule has 0 bridgehead atoms. The van der Waals surface area contributed by atoms with Crippen molar-refractivity contribution in [2.24, 2.45) is 9.98 Å². The van der Waals surface area contributed by atoms with Crippen LogP contribution in [0.1, 0.15) is 33.6 Å². The summed E-state index contributed by atoms with van der Waals surface area (Å²) in [7, 11) is 0. The molecule has 0 spiro atoms. The second-order valence-electron chi connectivity index (χ2n) is 6.22. The molecule has 1 aromatic carbocycles. The Morgan fingerprint density at radius 1 is 0.562 bits per heavy atom. The topological polar surface area (TPSA) is 50.5 Å². The summed E-state index contributed by atoms with van der Waals surface area (Å²) in [4.78, 5) is 18.0. The van der Waals surface area contributed by atoms with Crippen LogP contribution in [0.2, 0.25) is 0 Å². The molecule has 3 aromatic rings. The van der Waals surface area contributed by atoms with E-state index < -0.39 is 0 Å². The van der Waals surface area contributed by atoms with E-state index in [2.05, 4.69) is 37.7 Å². The first kappa shape index (κ1) is 38.6. The fourth-order valence-electron chi connectivity index (χ4n) is 2.83. The molecule has 2 aromatic heterocycles. The zero-order valence-electron chi connectivity index (χ0n) is 17.8. The average molecular weight is 701 g/mol. The first-order chi connectivity index (χ1) is 12.6. The molecule has 3 rings (SSSR count). The first-order valence-corrected chi connectivity index (χ1v) is 8.58. The minimum atomic E-state index is 0. The minimum absolute atomic E-state index is 0. The minimum Gasteiger partial charge on any atom is -0.255 e. The summed E-state index contributed by atoms with van der Waals surface area (Å²) in [6, 6.07) is 11.6. The van der Waals surface area contributed by atoms with Crippen LogP contribution in [-0.4, -0.2) is 22.4 Å². The van der Waals surface area contributed by atoms with Gasteiger partial charge in [0.25, 0.3) is 0 Å². The monoisotopic (exact) mass is 698 g/mol. The third-order valence-corrected chi connectivity index (χ3v) is 4.57. The van der Waals surface area contributed by atoms with Gasteiger partial charge in [0.1, 0.15) is 0 Å². The summed E-state index contributed by atoms with van der Waals surface area (Å²) in [5.41, 5.74) is 8.20. The van der Waals surface area contributed by atoms with Crippen molar-refractivity contribution in [3.8, 4) is 0 Å². The van der Waals surface area contributed by atoms with Crippen LogP contribution in [0, 0.1) is 27.7 Å². The quantitative estimate of drug-likeness (QED) is 0.220. The number of hydrogen-bond acceptors (Lipinski definition) is 4. The van der Waals surface area contributed by atoms with Gasteiger partial charge >= 0.3 is 0 Å². The maximum atomic E-state index is 4.70. The van der Waals surface area contributed by atoms with Gasteiger partial charge in [0.2, 0.25) is 0 Å². The SMILES string of the molecule is Cc1c(C)c(N=Cc2ccccn2)c(C)c(C)c1N=Cc1ccccn1.Cl.Cl.Cl.Cl.[Pd].[Pd]. The normalized spacial score (nSPS) is 9.38. The fourth-order valence-corrected chi connectivity index (χ4v) is 2.83. The predicted molar refractivity (Wildman–Crippen MR) is 137 cm³/mol. The number of aromatic nitrogens is 2. The van der Waals surface area contributed by atoms with E-state index in [0.29, 0.717) is 0 Å². The van der Waals surface area contributed by atoms with Crippen molar-refractivity contribution in [1.29, 1.82) is 0 Å². The second-order valence-corrected chi connectivity index (χ2v) is 6.22. The number of rotatable bonds is 4. The summed E-state index contributed by atoms with van der Waals surface area (Å²) in [6.45, 7) is 8.36. The standard InChI is InChI=1S/C22H22N4.4ClH.2Pd/c1-15-16(2)22(26-14-20-10-6-8-12-24-20)18(4)17(3)21(15)25-13-19-9-5-7-11-23-19;;;;;;/h5-14H,1-4H3;4*1H;;.